The second kappa shape index (κ2) is 27.0. The minimum atomic E-state index is -0.574. The predicted molar refractivity (Wildman–Crippen MR) is 217 cm³/mol. The van der Waals surface area contributed by atoms with Crippen LogP contribution in [0.15, 0.2) is 131 Å². The molecule has 0 radical (unpaired) electrons. The number of pyridine rings is 2. The van der Waals surface area contributed by atoms with E-state index in [-0.39, 0.29) is 138 Å². The third-order valence-corrected chi connectivity index (χ3v) is 8.92. The summed E-state index contributed by atoms with van der Waals surface area (Å²) in [5.74, 6) is 2.11. The summed E-state index contributed by atoms with van der Waals surface area (Å²) in [6.45, 7) is 12.7. The van der Waals surface area contributed by atoms with Gasteiger partial charge in [0.2, 0.25) is 11.8 Å². The molecule has 0 saturated carbocycles. The van der Waals surface area contributed by atoms with E-state index in [1.807, 2.05) is 24.3 Å². The number of benzene rings is 4. The number of aromatic hydroxyl groups is 1. The van der Waals surface area contributed by atoms with E-state index in [1.54, 1.807) is 73.1 Å². The Balaban J connectivity index is 0.000000889. The fourth-order valence-corrected chi connectivity index (χ4v) is 4.97. The zero-order chi connectivity index (χ0) is 42.2. The van der Waals surface area contributed by atoms with Gasteiger partial charge in [0.05, 0.1) is 8.95 Å². The van der Waals surface area contributed by atoms with Crippen molar-refractivity contribution in [1.29, 1.82) is 0 Å². The van der Waals surface area contributed by atoms with Crippen LogP contribution in [0.3, 0.4) is 0 Å². The molecule has 0 spiro atoms. The topological polar surface area (TPSA) is 123 Å². The quantitative estimate of drug-likeness (QED) is 0.0673. The molecule has 302 valence electrons. The van der Waals surface area contributed by atoms with Crippen LogP contribution in [0.2, 0.25) is 0 Å². The average Bonchev–Trinajstić information content (AvgIpc) is 3.17. The summed E-state index contributed by atoms with van der Waals surface area (Å²) in [4.78, 5) is 19.7. The number of halogens is 5. The first kappa shape index (κ1) is 54.9. The Labute approximate surface area is 445 Å². The summed E-state index contributed by atoms with van der Waals surface area (Å²) in [6.07, 6.45) is 3.49. The zero-order valence-corrected chi connectivity index (χ0v) is 43.2. The normalized spacial score (nSPS) is 10.2. The van der Waals surface area contributed by atoms with Gasteiger partial charge in [-0.15, -0.1) is 0 Å². The van der Waals surface area contributed by atoms with Crippen LogP contribution in [0.25, 0.3) is 0 Å². The van der Waals surface area contributed by atoms with Gasteiger partial charge < -0.3 is 30.9 Å². The van der Waals surface area contributed by atoms with Gasteiger partial charge in [-0.25, -0.2) is 23.1 Å². The Morgan fingerprint density at radius 3 is 1.34 bits per heavy atom. The SMILES string of the molecule is CC(C)(C)c1ccnc(Oc2ccc(O)cc2)c1.CC(C)(C)c1ccnc(Oc2ccc(Oc3cccc(F)c3Br)cc2)c1.Fc1cccc(F)c1Br.O=CO[O-].[H-].[K+].[K+]. The summed E-state index contributed by atoms with van der Waals surface area (Å²) in [6, 6.07) is 29.9. The van der Waals surface area contributed by atoms with Gasteiger partial charge in [-0.1, -0.05) is 53.7 Å². The third-order valence-electron chi connectivity index (χ3n) is 7.39. The minimum absolute atomic E-state index is 0. The van der Waals surface area contributed by atoms with Crippen LogP contribution in [-0.2, 0) is 20.5 Å². The van der Waals surface area contributed by atoms with E-state index in [2.05, 4.69) is 88.3 Å². The molecule has 0 bridgehead atoms. The molecule has 59 heavy (non-hydrogen) atoms. The number of rotatable bonds is 7. The number of hydrogen-bond acceptors (Lipinski definition) is 9. The average molecular weight is 993 g/mol. The number of carbonyl (C=O) groups is 1. The molecule has 0 saturated heterocycles. The number of ether oxygens (including phenoxy) is 3. The van der Waals surface area contributed by atoms with E-state index in [1.165, 1.54) is 29.8 Å². The number of hydrogen-bond donors (Lipinski definition) is 1. The van der Waals surface area contributed by atoms with Crippen LogP contribution >= 0.6 is 31.9 Å². The molecule has 9 nitrogen and oxygen atoms in total. The molecule has 0 amide bonds. The number of aromatic nitrogens is 2. The molecule has 4 aromatic carbocycles. The summed E-state index contributed by atoms with van der Waals surface area (Å²) in [5, 5.41) is 17.6. The van der Waals surface area contributed by atoms with Crippen LogP contribution in [-0.4, -0.2) is 21.5 Å². The van der Waals surface area contributed by atoms with E-state index >= 15 is 0 Å². The Bertz CT molecular complexity index is 2180. The van der Waals surface area contributed by atoms with Crippen molar-refractivity contribution in [3.63, 3.8) is 0 Å². The van der Waals surface area contributed by atoms with Gasteiger partial charge in [0, 0.05) is 24.5 Å². The first-order valence-electron chi connectivity index (χ1n) is 17.0. The van der Waals surface area contributed by atoms with Gasteiger partial charge in [-0.05, 0) is 139 Å². The van der Waals surface area contributed by atoms with Crippen LogP contribution in [0.1, 0.15) is 54.1 Å². The van der Waals surface area contributed by atoms with Crippen molar-refractivity contribution in [3.05, 3.63) is 159 Å². The molecular formula is C43H41Br2F3K2N2O7. The number of carbonyl (C=O) groups excluding carboxylic acids is 1. The molecular weight excluding hydrogens is 951 g/mol. The van der Waals surface area contributed by atoms with E-state index in [4.69, 9.17) is 24.3 Å². The zero-order valence-electron chi connectivity index (χ0n) is 34.8. The van der Waals surface area contributed by atoms with Gasteiger partial charge >= 0.3 is 103 Å². The summed E-state index contributed by atoms with van der Waals surface area (Å²) >= 11 is 5.92. The van der Waals surface area contributed by atoms with Gasteiger partial charge in [-0.2, -0.15) is 0 Å². The monoisotopic (exact) mass is 990 g/mol. The molecule has 0 aliphatic rings. The van der Waals surface area contributed by atoms with Gasteiger partial charge in [0.1, 0.15) is 46.2 Å². The van der Waals surface area contributed by atoms with Crippen LogP contribution in [0.4, 0.5) is 13.2 Å². The van der Waals surface area contributed by atoms with Gasteiger partial charge in [0.15, 0.2) is 0 Å². The smallest absolute Gasteiger partial charge is 1.00 e. The molecule has 6 aromatic rings. The summed E-state index contributed by atoms with van der Waals surface area (Å²) in [5.41, 5.74) is 2.41. The Kier molecular flexibility index (Phi) is 25.1. The van der Waals surface area contributed by atoms with Crippen molar-refractivity contribution in [2.45, 2.75) is 52.4 Å². The molecule has 0 aliphatic heterocycles. The van der Waals surface area contributed by atoms with Crippen molar-refractivity contribution in [2.75, 3.05) is 0 Å². The van der Waals surface area contributed by atoms with Gasteiger partial charge in [0.25, 0.3) is 6.47 Å². The Morgan fingerprint density at radius 1 is 0.610 bits per heavy atom. The Morgan fingerprint density at radius 2 is 0.966 bits per heavy atom. The molecule has 0 fully saturated rings. The molecule has 2 aromatic heterocycles. The third kappa shape index (κ3) is 19.6. The predicted octanol–water partition coefficient (Wildman–Crippen LogP) is 6.02. The van der Waals surface area contributed by atoms with E-state index in [0.717, 1.165) is 5.56 Å². The van der Waals surface area contributed by atoms with Crippen molar-refractivity contribution < 1.29 is 152 Å². The number of phenolic OH excluding ortho intramolecular Hbond substituents is 1. The van der Waals surface area contributed by atoms with Gasteiger partial charge in [-0.3, -0.25) is 4.79 Å². The van der Waals surface area contributed by atoms with Crippen molar-refractivity contribution in [2.24, 2.45) is 0 Å². The van der Waals surface area contributed by atoms with Crippen molar-refractivity contribution in [3.8, 4) is 40.5 Å². The molecule has 0 aliphatic carbocycles. The van der Waals surface area contributed by atoms with Crippen LogP contribution < -0.4 is 122 Å². The minimum Gasteiger partial charge on any atom is -1.00 e. The first-order valence-corrected chi connectivity index (χ1v) is 18.6. The molecule has 16 heteroatoms. The van der Waals surface area contributed by atoms with E-state index < -0.39 is 11.6 Å². The summed E-state index contributed by atoms with van der Waals surface area (Å²) < 4.78 is 55.5. The molecule has 2 heterocycles. The molecule has 1 N–H and O–H groups in total. The maximum Gasteiger partial charge on any atom is 1.00 e. The Hall–Kier alpha value is -2.17. The van der Waals surface area contributed by atoms with E-state index in [0.29, 0.717) is 39.2 Å². The fraction of sp³-hybridized carbons (Fsp3) is 0.186. The fourth-order valence-electron chi connectivity index (χ4n) is 4.36. The second-order valence-corrected chi connectivity index (χ2v) is 15.4. The van der Waals surface area contributed by atoms with Crippen molar-refractivity contribution >= 4 is 38.3 Å². The van der Waals surface area contributed by atoms with Crippen LogP contribution in [0, 0.1) is 17.5 Å². The maximum absolute atomic E-state index is 13.6. The van der Waals surface area contributed by atoms with Crippen molar-refractivity contribution in [1.82, 2.24) is 9.97 Å². The largest absolute Gasteiger partial charge is 1.00 e. The molecule has 0 atom stereocenters. The molecule has 0 unspecified atom stereocenters. The number of nitrogens with zero attached hydrogens (tertiary/aromatic N) is 2. The molecule has 6 rings (SSSR count). The van der Waals surface area contributed by atoms with Crippen LogP contribution in [0.5, 0.6) is 40.5 Å². The second-order valence-electron chi connectivity index (χ2n) is 13.8. The maximum atomic E-state index is 13.6. The first-order chi connectivity index (χ1) is 26.9. The standard InChI is InChI=1S/C21H19BrFNO2.C15H17NO2.C6H3BrF2.CH2O3.2K.H/c1-21(2,3)14-11-12-24-19(13-14)26-16-9-7-15(8-10-16)25-18-6-4-5-17(23)20(18)22;1-15(2,3)11-8-9-16-14(10-11)18-13-6-4-12(17)5-7-13;7-6-4(8)2-1-3-5(6)9;2-1-4-3;;;/h4-13H,1-3H3;4-10,17H,1-3H3;1-3H;1,3H;;;/q;;;;2*+1;-1/p-1. The van der Waals surface area contributed by atoms with E-state index in [9.17, 15) is 18.3 Å². The number of phenols is 1. The summed E-state index contributed by atoms with van der Waals surface area (Å²) in [7, 11) is 0.